The molecule has 0 radical (unpaired) electrons. The number of hydrogen-bond donors (Lipinski definition) is 8. The maximum Gasteiger partial charge on any atom is 0.407 e. The number of aromatic hydroxyl groups is 1. The van der Waals surface area contributed by atoms with Crippen LogP contribution in [0.2, 0.25) is 0 Å². The smallest absolute Gasteiger partial charge is 0.407 e. The van der Waals surface area contributed by atoms with Gasteiger partial charge in [-0.15, -0.1) is 0 Å². The van der Waals surface area contributed by atoms with E-state index in [9.17, 15) is 48.0 Å². The average Bonchev–Trinajstić information content (AvgIpc) is 3.55. The van der Waals surface area contributed by atoms with E-state index in [1.165, 1.54) is 12.1 Å². The molecule has 3 rings (SSSR count). The summed E-state index contributed by atoms with van der Waals surface area (Å²) in [4.78, 5) is 50.8. The van der Waals surface area contributed by atoms with Gasteiger partial charge in [0.15, 0.2) is 6.29 Å². The summed E-state index contributed by atoms with van der Waals surface area (Å²) in [5.41, 5.74) is 0.286. The molecule has 0 bridgehead atoms. The molecule has 16 heteroatoms. The molecule has 0 aromatic heterocycles. The van der Waals surface area contributed by atoms with Gasteiger partial charge in [-0.05, 0) is 61.8 Å². The number of rotatable bonds is 20. The minimum Gasteiger partial charge on any atom is -0.508 e. The van der Waals surface area contributed by atoms with E-state index in [4.69, 9.17) is 4.74 Å². The van der Waals surface area contributed by atoms with Gasteiger partial charge >= 0.3 is 12.1 Å². The number of hydrogen-bond acceptors (Lipinski definition) is 10. The summed E-state index contributed by atoms with van der Waals surface area (Å²) in [5, 5.41) is 47.6. The molecule has 8 N–H and O–H groups in total. The SMILES string of the molecule is CS(=O)(=O)NC(CCCCNC(=O)OCc1ccccc1)C(=O)NC[C@H](CC1(C(=O)N[C@@H](Cc2ccc(O)cc2)C(=O)O)CCCC1)C(O)O. The Morgan fingerprint density at radius 3 is 2.16 bits per heavy atom. The van der Waals surface area contributed by atoms with E-state index in [0.29, 0.717) is 44.1 Å². The minimum atomic E-state index is -3.81. The zero-order valence-corrected chi connectivity index (χ0v) is 28.9. The molecule has 3 amide bonds. The Morgan fingerprint density at radius 2 is 1.56 bits per heavy atom. The Bertz CT molecular complexity index is 1520. The van der Waals surface area contributed by atoms with Crippen molar-refractivity contribution in [1.82, 2.24) is 20.7 Å². The molecule has 0 aliphatic heterocycles. The highest BCUT2D eigenvalue weighted by molar-refractivity contribution is 7.88. The van der Waals surface area contributed by atoms with Crippen molar-refractivity contribution in [3.05, 3.63) is 65.7 Å². The number of sulfonamides is 1. The highest BCUT2D eigenvalue weighted by atomic mass is 32.2. The number of aliphatic carboxylic acids is 1. The first-order chi connectivity index (χ1) is 23.7. The number of aliphatic hydroxyl groups is 2. The first kappa shape index (κ1) is 40.2. The number of benzene rings is 2. The second-order valence-electron chi connectivity index (χ2n) is 12.8. The molecule has 276 valence electrons. The molecular formula is C34H48N4O11S. The Kier molecular flexibility index (Phi) is 15.4. The fraction of sp³-hybridized carbons (Fsp3) is 0.529. The van der Waals surface area contributed by atoms with Crippen LogP contribution in [0.25, 0.3) is 0 Å². The van der Waals surface area contributed by atoms with Crippen molar-refractivity contribution in [1.29, 1.82) is 0 Å². The van der Waals surface area contributed by atoms with E-state index in [1.807, 2.05) is 30.3 Å². The topological polar surface area (TPSA) is 241 Å². The number of amides is 3. The van der Waals surface area contributed by atoms with Crippen LogP contribution < -0.4 is 20.7 Å². The number of carbonyl (C=O) groups excluding carboxylic acids is 3. The summed E-state index contributed by atoms with van der Waals surface area (Å²) in [6.45, 7) is 0.0337. The van der Waals surface area contributed by atoms with Gasteiger partial charge in [0.25, 0.3) is 0 Å². The van der Waals surface area contributed by atoms with Gasteiger partial charge in [-0.25, -0.2) is 22.7 Å². The van der Waals surface area contributed by atoms with Crippen LogP contribution in [-0.2, 0) is 42.2 Å². The zero-order chi connectivity index (χ0) is 36.7. The molecule has 50 heavy (non-hydrogen) atoms. The van der Waals surface area contributed by atoms with E-state index < -0.39 is 63.6 Å². The molecule has 2 aromatic rings. The van der Waals surface area contributed by atoms with Crippen molar-refractivity contribution >= 4 is 33.9 Å². The van der Waals surface area contributed by atoms with Gasteiger partial charge in [-0.1, -0.05) is 55.3 Å². The molecule has 0 spiro atoms. The molecule has 1 fully saturated rings. The first-order valence-electron chi connectivity index (χ1n) is 16.5. The number of carboxylic acid groups (broad SMARTS) is 1. The molecule has 2 aromatic carbocycles. The Morgan fingerprint density at radius 1 is 0.900 bits per heavy atom. The van der Waals surface area contributed by atoms with Gasteiger partial charge in [0.05, 0.1) is 6.26 Å². The van der Waals surface area contributed by atoms with Crippen molar-refractivity contribution in [3.63, 3.8) is 0 Å². The number of phenols is 1. The number of carbonyl (C=O) groups is 4. The van der Waals surface area contributed by atoms with Crippen LogP contribution in [-0.4, -0.2) is 90.4 Å². The van der Waals surface area contributed by atoms with Gasteiger partial charge in [0, 0.05) is 30.8 Å². The fourth-order valence-electron chi connectivity index (χ4n) is 6.03. The second-order valence-corrected chi connectivity index (χ2v) is 14.6. The summed E-state index contributed by atoms with van der Waals surface area (Å²) in [5.74, 6) is -3.53. The van der Waals surface area contributed by atoms with E-state index >= 15 is 0 Å². The predicted octanol–water partition coefficient (Wildman–Crippen LogP) is 1.51. The quantitative estimate of drug-likeness (QED) is 0.0720. The van der Waals surface area contributed by atoms with Crippen molar-refractivity contribution in [2.75, 3.05) is 19.3 Å². The van der Waals surface area contributed by atoms with Gasteiger partial charge in [0.2, 0.25) is 21.8 Å². The number of nitrogens with one attached hydrogen (secondary N) is 4. The number of alkyl carbamates (subject to hydrolysis) is 1. The van der Waals surface area contributed by atoms with E-state index in [0.717, 1.165) is 11.8 Å². The van der Waals surface area contributed by atoms with Crippen LogP contribution in [0.3, 0.4) is 0 Å². The summed E-state index contributed by atoms with van der Waals surface area (Å²) < 4.78 is 31.5. The van der Waals surface area contributed by atoms with Gasteiger partial charge in [-0.2, -0.15) is 0 Å². The standard InChI is InChI=1S/C34H48N4O11S/c1-50(47,48)38-27(11-5-8-18-35-33(46)49-22-24-9-3-2-4-10-24)29(40)36-21-25(30(41)42)20-34(16-6-7-17-34)32(45)37-28(31(43)44)19-23-12-14-26(39)15-13-23/h2-4,9-10,12-15,25,27-28,30,38-39,41-42H,5-8,11,16-22H2,1H3,(H,35,46)(H,36,40)(H,37,45)(H,43,44)/t25-,27?,28-/m0/s1. The Labute approximate surface area is 291 Å². The summed E-state index contributed by atoms with van der Waals surface area (Å²) >= 11 is 0. The lowest BCUT2D eigenvalue weighted by Gasteiger charge is -2.34. The highest BCUT2D eigenvalue weighted by Crippen LogP contribution is 2.44. The number of unbranched alkanes of at least 4 members (excludes halogenated alkanes) is 1. The lowest BCUT2D eigenvalue weighted by atomic mass is 9.76. The molecule has 15 nitrogen and oxygen atoms in total. The molecule has 0 saturated heterocycles. The van der Waals surface area contributed by atoms with Crippen LogP contribution in [0.4, 0.5) is 4.79 Å². The molecule has 1 aliphatic rings. The normalized spacial score (nSPS) is 15.8. The minimum absolute atomic E-state index is 0.0138. The molecule has 1 unspecified atom stereocenters. The van der Waals surface area contributed by atoms with E-state index in [2.05, 4.69) is 20.7 Å². The van der Waals surface area contributed by atoms with Gasteiger partial charge in [0.1, 0.15) is 24.4 Å². The summed E-state index contributed by atoms with van der Waals surface area (Å²) in [6.07, 6.45) is 1.13. The number of carboxylic acids is 1. The van der Waals surface area contributed by atoms with Crippen LogP contribution in [0.1, 0.15) is 62.5 Å². The van der Waals surface area contributed by atoms with Crippen molar-refractivity contribution in [2.45, 2.75) is 82.8 Å². The van der Waals surface area contributed by atoms with Crippen LogP contribution >= 0.6 is 0 Å². The lowest BCUT2D eigenvalue weighted by molar-refractivity contribution is -0.145. The van der Waals surface area contributed by atoms with Crippen molar-refractivity contribution < 1.29 is 52.8 Å². The second kappa shape index (κ2) is 19.2. The molecule has 1 saturated carbocycles. The number of aliphatic hydroxyl groups excluding tert-OH is 1. The van der Waals surface area contributed by atoms with Crippen LogP contribution in [0.5, 0.6) is 5.75 Å². The third kappa shape index (κ3) is 13.6. The van der Waals surface area contributed by atoms with Gasteiger partial charge in [-0.3, -0.25) is 9.59 Å². The molecule has 3 atom stereocenters. The molecular weight excluding hydrogens is 672 g/mol. The highest BCUT2D eigenvalue weighted by Gasteiger charge is 2.45. The van der Waals surface area contributed by atoms with E-state index in [1.54, 1.807) is 12.1 Å². The predicted molar refractivity (Wildman–Crippen MR) is 182 cm³/mol. The Balaban J connectivity index is 1.56. The maximum absolute atomic E-state index is 13.6. The monoisotopic (exact) mass is 720 g/mol. The van der Waals surface area contributed by atoms with Gasteiger partial charge < -0.3 is 41.1 Å². The third-order valence-corrected chi connectivity index (χ3v) is 9.42. The Hall–Kier alpha value is -4.25. The zero-order valence-electron chi connectivity index (χ0n) is 28.0. The van der Waals surface area contributed by atoms with Crippen molar-refractivity contribution in [2.24, 2.45) is 11.3 Å². The fourth-order valence-corrected chi connectivity index (χ4v) is 6.78. The molecule has 0 heterocycles. The largest absolute Gasteiger partial charge is 0.508 e. The molecule has 1 aliphatic carbocycles. The number of ether oxygens (including phenoxy) is 1. The summed E-state index contributed by atoms with van der Waals surface area (Å²) in [7, 11) is -3.81. The number of phenolic OH excluding ortho intramolecular Hbond substituents is 1. The first-order valence-corrected chi connectivity index (χ1v) is 18.4. The lowest BCUT2D eigenvalue weighted by Crippen LogP contribution is -2.51. The van der Waals surface area contributed by atoms with Crippen LogP contribution in [0, 0.1) is 11.3 Å². The van der Waals surface area contributed by atoms with Crippen molar-refractivity contribution in [3.8, 4) is 5.75 Å². The third-order valence-electron chi connectivity index (χ3n) is 8.71. The average molecular weight is 721 g/mol. The van der Waals surface area contributed by atoms with Crippen LogP contribution in [0.15, 0.2) is 54.6 Å². The maximum atomic E-state index is 13.6. The van der Waals surface area contributed by atoms with E-state index in [-0.39, 0.29) is 44.7 Å². The summed E-state index contributed by atoms with van der Waals surface area (Å²) in [6, 6.07) is 12.6.